The van der Waals surface area contributed by atoms with Crippen LogP contribution in [0.1, 0.15) is 85.5 Å². The van der Waals surface area contributed by atoms with Crippen molar-refractivity contribution >= 4 is 5.97 Å². The van der Waals surface area contributed by atoms with E-state index < -0.39 is 11.4 Å². The fraction of sp³-hybridized carbons (Fsp3) is 0.471. The first-order valence-corrected chi connectivity index (χ1v) is 14.7. The highest BCUT2D eigenvalue weighted by atomic mass is 16.5. The zero-order chi connectivity index (χ0) is 28.8. The molecule has 6 nitrogen and oxygen atoms in total. The van der Waals surface area contributed by atoms with Gasteiger partial charge in [0.15, 0.2) is 11.2 Å². The quantitative estimate of drug-likeness (QED) is 0.102. The van der Waals surface area contributed by atoms with E-state index in [4.69, 9.17) is 9.47 Å². The number of nitriles is 1. The van der Waals surface area contributed by atoms with Crippen LogP contribution in [0.2, 0.25) is 0 Å². The lowest BCUT2D eigenvalue weighted by molar-refractivity contribution is -0.144. The second-order valence-corrected chi connectivity index (χ2v) is 10.7. The fourth-order valence-electron chi connectivity index (χ4n) is 4.48. The number of hydrogen-bond acceptors (Lipinski definition) is 6. The van der Waals surface area contributed by atoms with Crippen LogP contribution in [0.5, 0.6) is 11.5 Å². The van der Waals surface area contributed by atoms with Crippen LogP contribution in [-0.2, 0) is 4.79 Å². The summed E-state index contributed by atoms with van der Waals surface area (Å²) in [5.74, 6) is 1.31. The third-order valence-electron chi connectivity index (χ3n) is 7.56. The van der Waals surface area contributed by atoms with Crippen LogP contribution in [0.3, 0.4) is 0 Å². The van der Waals surface area contributed by atoms with Crippen molar-refractivity contribution in [3.8, 4) is 40.1 Å². The molecule has 0 spiro atoms. The van der Waals surface area contributed by atoms with E-state index in [1.54, 1.807) is 31.5 Å². The SMILES string of the molecule is CCCCCCCCOc1ccc(-c2ncc(-c3ccc(OC(=O)[C@](C)(C#N)[C@H](C)CCCC)cc3)cn2)cc1. The van der Waals surface area contributed by atoms with E-state index in [1.165, 1.54) is 32.1 Å². The predicted octanol–water partition coefficient (Wildman–Crippen LogP) is 8.81. The van der Waals surface area contributed by atoms with E-state index in [2.05, 4.69) is 29.9 Å². The Labute approximate surface area is 239 Å². The molecule has 0 unspecified atom stereocenters. The van der Waals surface area contributed by atoms with Gasteiger partial charge in [0.05, 0.1) is 12.7 Å². The van der Waals surface area contributed by atoms with Gasteiger partial charge >= 0.3 is 5.97 Å². The number of hydrogen-bond donors (Lipinski definition) is 0. The van der Waals surface area contributed by atoms with E-state index in [0.29, 0.717) is 11.6 Å². The van der Waals surface area contributed by atoms with Gasteiger partial charge in [-0.3, -0.25) is 0 Å². The van der Waals surface area contributed by atoms with E-state index in [0.717, 1.165) is 54.7 Å². The van der Waals surface area contributed by atoms with Gasteiger partial charge in [-0.25, -0.2) is 14.8 Å². The van der Waals surface area contributed by atoms with E-state index >= 15 is 0 Å². The summed E-state index contributed by atoms with van der Waals surface area (Å²) in [6.07, 6.45) is 13.8. The molecule has 1 aromatic heterocycles. The molecule has 40 heavy (non-hydrogen) atoms. The van der Waals surface area contributed by atoms with Crippen molar-refractivity contribution in [1.82, 2.24) is 9.97 Å². The molecule has 0 amide bonds. The molecule has 0 aliphatic rings. The summed E-state index contributed by atoms with van der Waals surface area (Å²) >= 11 is 0. The summed E-state index contributed by atoms with van der Waals surface area (Å²) < 4.78 is 11.5. The number of carbonyl (C=O) groups excluding carboxylic acids is 1. The van der Waals surface area contributed by atoms with Crippen LogP contribution in [0.25, 0.3) is 22.5 Å². The first-order valence-electron chi connectivity index (χ1n) is 14.7. The van der Waals surface area contributed by atoms with Crippen molar-refractivity contribution in [2.45, 2.75) is 85.5 Å². The van der Waals surface area contributed by atoms with E-state index in [9.17, 15) is 10.1 Å². The Morgan fingerprint density at radius 1 is 0.825 bits per heavy atom. The zero-order valence-corrected chi connectivity index (χ0v) is 24.5. The third kappa shape index (κ3) is 8.64. The molecular formula is C34H43N3O3. The van der Waals surface area contributed by atoms with Gasteiger partial charge < -0.3 is 9.47 Å². The highest BCUT2D eigenvalue weighted by Crippen LogP contribution is 2.33. The number of nitrogens with zero attached hydrogens (tertiary/aromatic N) is 3. The average Bonchev–Trinajstić information content (AvgIpc) is 2.99. The zero-order valence-electron chi connectivity index (χ0n) is 24.5. The Kier molecular flexibility index (Phi) is 12.1. The highest BCUT2D eigenvalue weighted by molar-refractivity contribution is 5.82. The molecule has 0 N–H and O–H groups in total. The summed E-state index contributed by atoms with van der Waals surface area (Å²) in [6.45, 7) is 8.67. The molecule has 0 saturated heterocycles. The Balaban J connectivity index is 1.54. The maximum Gasteiger partial charge on any atom is 0.331 e. The molecule has 2 aromatic carbocycles. The second-order valence-electron chi connectivity index (χ2n) is 10.7. The molecule has 6 heteroatoms. The predicted molar refractivity (Wildman–Crippen MR) is 160 cm³/mol. The smallest absolute Gasteiger partial charge is 0.331 e. The van der Waals surface area contributed by atoms with Gasteiger partial charge in [0.1, 0.15) is 11.5 Å². The lowest BCUT2D eigenvalue weighted by atomic mass is 9.77. The maximum atomic E-state index is 12.9. The summed E-state index contributed by atoms with van der Waals surface area (Å²) in [6, 6.07) is 17.3. The molecular weight excluding hydrogens is 498 g/mol. The first-order chi connectivity index (χ1) is 19.4. The van der Waals surface area contributed by atoms with Crippen LogP contribution < -0.4 is 9.47 Å². The van der Waals surface area contributed by atoms with Crippen LogP contribution >= 0.6 is 0 Å². The Morgan fingerprint density at radius 2 is 1.40 bits per heavy atom. The topological polar surface area (TPSA) is 85.1 Å². The molecule has 0 bridgehead atoms. The molecule has 212 valence electrons. The molecule has 0 radical (unpaired) electrons. The van der Waals surface area contributed by atoms with Crippen LogP contribution in [0, 0.1) is 22.7 Å². The van der Waals surface area contributed by atoms with Crippen LogP contribution in [0.15, 0.2) is 60.9 Å². The normalized spacial score (nSPS) is 13.2. The van der Waals surface area contributed by atoms with Crippen molar-refractivity contribution in [3.05, 3.63) is 60.9 Å². The fourth-order valence-corrected chi connectivity index (χ4v) is 4.48. The molecule has 0 saturated carbocycles. The van der Waals surface area contributed by atoms with Crippen molar-refractivity contribution in [1.29, 1.82) is 5.26 Å². The molecule has 0 aliphatic heterocycles. The number of rotatable bonds is 16. The first kappa shape index (κ1) is 30.8. The highest BCUT2D eigenvalue weighted by Gasteiger charge is 2.40. The van der Waals surface area contributed by atoms with Crippen molar-refractivity contribution in [3.63, 3.8) is 0 Å². The number of esters is 1. The van der Waals surface area contributed by atoms with Crippen molar-refractivity contribution in [2.75, 3.05) is 6.61 Å². The van der Waals surface area contributed by atoms with Crippen molar-refractivity contribution in [2.24, 2.45) is 11.3 Å². The van der Waals surface area contributed by atoms with Gasteiger partial charge in [-0.15, -0.1) is 0 Å². The molecule has 3 rings (SSSR count). The number of ether oxygens (including phenoxy) is 2. The molecule has 0 fully saturated rings. The number of carbonyl (C=O) groups is 1. The molecule has 1 heterocycles. The van der Waals surface area contributed by atoms with Crippen LogP contribution in [0.4, 0.5) is 0 Å². The summed E-state index contributed by atoms with van der Waals surface area (Å²) in [7, 11) is 0. The van der Waals surface area contributed by atoms with Gasteiger partial charge in [-0.1, -0.05) is 77.8 Å². The number of benzene rings is 2. The number of unbranched alkanes of at least 4 members (excludes halogenated alkanes) is 6. The van der Waals surface area contributed by atoms with Gasteiger partial charge in [0.25, 0.3) is 0 Å². The summed E-state index contributed by atoms with van der Waals surface area (Å²) in [5, 5.41) is 9.72. The molecule has 2 atom stereocenters. The second kappa shape index (κ2) is 15.8. The largest absolute Gasteiger partial charge is 0.494 e. The van der Waals surface area contributed by atoms with Crippen molar-refractivity contribution < 1.29 is 14.3 Å². The summed E-state index contributed by atoms with van der Waals surface area (Å²) in [5.41, 5.74) is 1.50. The van der Waals surface area contributed by atoms with Gasteiger partial charge in [-0.05, 0) is 67.6 Å². The molecule has 0 aliphatic carbocycles. The van der Waals surface area contributed by atoms with E-state index in [-0.39, 0.29) is 5.92 Å². The Hall–Kier alpha value is -3.72. The number of aromatic nitrogens is 2. The van der Waals surface area contributed by atoms with Gasteiger partial charge in [-0.2, -0.15) is 5.26 Å². The summed E-state index contributed by atoms with van der Waals surface area (Å²) in [4.78, 5) is 22.0. The monoisotopic (exact) mass is 541 g/mol. The lowest BCUT2D eigenvalue weighted by Crippen LogP contribution is -2.36. The Bertz CT molecular complexity index is 1220. The lowest BCUT2D eigenvalue weighted by Gasteiger charge is -2.26. The van der Waals surface area contributed by atoms with Gasteiger partial charge in [0.2, 0.25) is 0 Å². The van der Waals surface area contributed by atoms with Gasteiger partial charge in [0, 0.05) is 23.5 Å². The Morgan fingerprint density at radius 3 is 2.02 bits per heavy atom. The van der Waals surface area contributed by atoms with Crippen LogP contribution in [-0.4, -0.2) is 22.5 Å². The minimum Gasteiger partial charge on any atom is -0.494 e. The third-order valence-corrected chi connectivity index (χ3v) is 7.56. The average molecular weight is 542 g/mol. The minimum absolute atomic E-state index is 0.0891. The standard InChI is InChI=1S/C34H43N3O3/c1-5-7-9-10-11-12-22-39-30-18-16-28(17-19-30)32-36-23-29(24-37-32)27-14-20-31(21-15-27)40-33(38)34(4,25-35)26(3)13-8-6-2/h14-21,23-24,26H,5-13,22H2,1-4H3/t26-,34-/m1/s1. The molecule has 3 aromatic rings. The minimum atomic E-state index is -1.18. The van der Waals surface area contributed by atoms with E-state index in [1.807, 2.05) is 43.3 Å². The maximum absolute atomic E-state index is 12.9.